The SMILES string of the molecule is C1CN=C2CN3CC4NCCCC4NC3NC2C1. The van der Waals surface area contributed by atoms with Gasteiger partial charge in [0.2, 0.25) is 0 Å². The highest BCUT2D eigenvalue weighted by atomic mass is 15.4. The summed E-state index contributed by atoms with van der Waals surface area (Å²) in [6.07, 6.45) is 5.48. The van der Waals surface area contributed by atoms with Gasteiger partial charge in [-0.3, -0.25) is 20.5 Å². The smallest absolute Gasteiger partial charge is 0.115 e. The van der Waals surface area contributed by atoms with Crippen molar-refractivity contribution in [3.63, 3.8) is 0 Å². The normalized spacial score (nSPS) is 44.6. The Balaban J connectivity index is 1.51. The van der Waals surface area contributed by atoms with E-state index in [9.17, 15) is 0 Å². The topological polar surface area (TPSA) is 51.7 Å². The van der Waals surface area contributed by atoms with Gasteiger partial charge in [-0.25, -0.2) is 0 Å². The molecular formula is C13H23N5. The standard InChI is InChI=1S/C13H23N5/c1-3-9-11(14-5-1)7-18-8-12-10(4-2-6-15-12)17-13(18)16-9/h9-11,13-14,16-17H,1-8H2. The third kappa shape index (κ3) is 1.90. The monoisotopic (exact) mass is 249 g/mol. The highest BCUT2D eigenvalue weighted by Gasteiger charge is 2.41. The molecule has 4 heterocycles. The highest BCUT2D eigenvalue weighted by molar-refractivity contribution is 5.92. The predicted octanol–water partition coefficient (Wildman–Crippen LogP) is -0.498. The molecule has 4 aliphatic rings. The molecule has 0 aliphatic carbocycles. The van der Waals surface area contributed by atoms with Gasteiger partial charge >= 0.3 is 0 Å². The van der Waals surface area contributed by atoms with Gasteiger partial charge in [-0.15, -0.1) is 0 Å². The summed E-state index contributed by atoms with van der Waals surface area (Å²) in [5.41, 5.74) is 1.38. The lowest BCUT2D eigenvalue weighted by Gasteiger charge is -2.51. The molecular weight excluding hydrogens is 226 g/mol. The van der Waals surface area contributed by atoms with Gasteiger partial charge in [0, 0.05) is 43.5 Å². The van der Waals surface area contributed by atoms with Gasteiger partial charge in [0.15, 0.2) is 0 Å². The quantitative estimate of drug-likeness (QED) is 0.542. The third-order valence-corrected chi connectivity index (χ3v) is 4.84. The minimum Gasteiger partial charge on any atom is -0.311 e. The van der Waals surface area contributed by atoms with Crippen LogP contribution in [-0.4, -0.2) is 61.2 Å². The molecule has 100 valence electrons. The molecule has 0 radical (unpaired) electrons. The summed E-state index contributed by atoms with van der Waals surface area (Å²) in [6.45, 7) is 4.42. The molecule has 0 spiro atoms. The van der Waals surface area contributed by atoms with Gasteiger partial charge in [0.25, 0.3) is 0 Å². The maximum atomic E-state index is 4.71. The van der Waals surface area contributed by atoms with Crippen LogP contribution in [0.25, 0.3) is 0 Å². The zero-order valence-electron chi connectivity index (χ0n) is 10.9. The van der Waals surface area contributed by atoms with Crippen LogP contribution in [0.15, 0.2) is 4.99 Å². The summed E-state index contributed by atoms with van der Waals surface area (Å²) in [5, 5.41) is 11.2. The number of hydrogen-bond acceptors (Lipinski definition) is 5. The summed E-state index contributed by atoms with van der Waals surface area (Å²) in [5.74, 6) is 0. The molecule has 4 aliphatic heterocycles. The van der Waals surface area contributed by atoms with E-state index in [1.807, 2.05) is 0 Å². The molecule has 0 aromatic heterocycles. The van der Waals surface area contributed by atoms with E-state index in [1.165, 1.54) is 37.9 Å². The average molecular weight is 249 g/mol. The lowest BCUT2D eigenvalue weighted by atomic mass is 9.93. The number of fused-ring (bicyclic) bond motifs is 3. The Morgan fingerprint density at radius 2 is 2.11 bits per heavy atom. The first-order valence-electron chi connectivity index (χ1n) is 7.43. The van der Waals surface area contributed by atoms with Crippen LogP contribution in [0.4, 0.5) is 0 Å². The van der Waals surface area contributed by atoms with Crippen molar-refractivity contribution in [2.24, 2.45) is 4.99 Å². The zero-order chi connectivity index (χ0) is 11.9. The van der Waals surface area contributed by atoms with Crippen LogP contribution in [0.5, 0.6) is 0 Å². The van der Waals surface area contributed by atoms with Crippen LogP contribution in [0.1, 0.15) is 25.7 Å². The summed E-state index contributed by atoms with van der Waals surface area (Å²) >= 11 is 0. The fourth-order valence-electron chi connectivity index (χ4n) is 3.85. The largest absolute Gasteiger partial charge is 0.311 e. The van der Waals surface area contributed by atoms with Crippen molar-refractivity contribution < 1.29 is 0 Å². The van der Waals surface area contributed by atoms with E-state index in [2.05, 4.69) is 20.9 Å². The number of piperidine rings is 1. The summed E-state index contributed by atoms with van der Waals surface area (Å²) in [6, 6.07) is 1.80. The Hall–Kier alpha value is -0.490. The van der Waals surface area contributed by atoms with Crippen LogP contribution >= 0.6 is 0 Å². The molecule has 0 aromatic carbocycles. The Bertz CT molecular complexity index is 355. The maximum absolute atomic E-state index is 4.71. The fourth-order valence-corrected chi connectivity index (χ4v) is 3.85. The Morgan fingerprint density at radius 3 is 3.11 bits per heavy atom. The molecule has 0 amide bonds. The zero-order valence-corrected chi connectivity index (χ0v) is 10.9. The molecule has 4 rings (SSSR count). The van der Waals surface area contributed by atoms with E-state index in [0.717, 1.165) is 19.6 Å². The first kappa shape index (κ1) is 11.3. The van der Waals surface area contributed by atoms with E-state index in [4.69, 9.17) is 4.99 Å². The second kappa shape index (κ2) is 4.56. The van der Waals surface area contributed by atoms with Crippen molar-refractivity contribution in [1.29, 1.82) is 0 Å². The number of hydrogen-bond donors (Lipinski definition) is 3. The average Bonchev–Trinajstić information content (AvgIpc) is 2.42. The Morgan fingerprint density at radius 1 is 1.11 bits per heavy atom. The van der Waals surface area contributed by atoms with Gasteiger partial charge in [-0.1, -0.05) is 0 Å². The molecule has 3 N–H and O–H groups in total. The number of rotatable bonds is 0. The van der Waals surface area contributed by atoms with Gasteiger partial charge in [-0.2, -0.15) is 0 Å². The van der Waals surface area contributed by atoms with Crippen molar-refractivity contribution >= 4 is 5.71 Å². The Labute approximate surface area is 108 Å². The van der Waals surface area contributed by atoms with Gasteiger partial charge < -0.3 is 5.32 Å². The molecule has 4 atom stereocenters. The lowest BCUT2D eigenvalue weighted by Crippen LogP contribution is -2.76. The summed E-state index contributed by atoms with van der Waals surface area (Å²) in [7, 11) is 0. The number of aliphatic imine (C=N–C) groups is 1. The number of nitrogens with zero attached hydrogens (tertiary/aromatic N) is 2. The first-order chi connectivity index (χ1) is 8.90. The molecule has 0 bridgehead atoms. The van der Waals surface area contributed by atoms with Crippen LogP contribution in [0.3, 0.4) is 0 Å². The van der Waals surface area contributed by atoms with Gasteiger partial charge in [0.1, 0.15) is 6.29 Å². The minimum atomic E-state index is 0.369. The molecule has 0 saturated carbocycles. The van der Waals surface area contributed by atoms with E-state index >= 15 is 0 Å². The van der Waals surface area contributed by atoms with E-state index in [1.54, 1.807) is 0 Å². The number of nitrogens with one attached hydrogen (secondary N) is 3. The molecule has 18 heavy (non-hydrogen) atoms. The van der Waals surface area contributed by atoms with Gasteiger partial charge in [0.05, 0.1) is 0 Å². The summed E-state index contributed by atoms with van der Waals surface area (Å²) in [4.78, 5) is 7.22. The molecule has 3 saturated heterocycles. The predicted molar refractivity (Wildman–Crippen MR) is 71.8 cm³/mol. The second-order valence-corrected chi connectivity index (χ2v) is 6.04. The van der Waals surface area contributed by atoms with Crippen molar-refractivity contribution in [3.05, 3.63) is 0 Å². The van der Waals surface area contributed by atoms with Crippen LogP contribution in [0, 0.1) is 0 Å². The second-order valence-electron chi connectivity index (χ2n) is 6.04. The van der Waals surface area contributed by atoms with E-state index in [0.29, 0.717) is 24.4 Å². The highest BCUT2D eigenvalue weighted by Crippen LogP contribution is 2.21. The third-order valence-electron chi connectivity index (χ3n) is 4.84. The van der Waals surface area contributed by atoms with Crippen molar-refractivity contribution in [2.75, 3.05) is 26.2 Å². The molecule has 5 heteroatoms. The summed E-state index contributed by atoms with van der Waals surface area (Å²) < 4.78 is 0. The first-order valence-corrected chi connectivity index (χ1v) is 7.43. The minimum absolute atomic E-state index is 0.369. The van der Waals surface area contributed by atoms with Crippen LogP contribution in [-0.2, 0) is 0 Å². The molecule has 3 fully saturated rings. The van der Waals surface area contributed by atoms with Crippen molar-refractivity contribution in [2.45, 2.75) is 50.1 Å². The molecule has 5 nitrogen and oxygen atoms in total. The van der Waals surface area contributed by atoms with E-state index < -0.39 is 0 Å². The van der Waals surface area contributed by atoms with E-state index in [-0.39, 0.29) is 0 Å². The van der Waals surface area contributed by atoms with Crippen LogP contribution in [0.2, 0.25) is 0 Å². The maximum Gasteiger partial charge on any atom is 0.115 e. The Kier molecular flexibility index (Phi) is 2.87. The molecule has 0 aromatic rings. The fraction of sp³-hybridized carbons (Fsp3) is 0.923. The van der Waals surface area contributed by atoms with Gasteiger partial charge in [-0.05, 0) is 32.2 Å². The van der Waals surface area contributed by atoms with Crippen molar-refractivity contribution in [1.82, 2.24) is 20.9 Å². The molecule has 4 unspecified atom stereocenters. The van der Waals surface area contributed by atoms with Crippen LogP contribution < -0.4 is 16.0 Å². The van der Waals surface area contributed by atoms with Crippen molar-refractivity contribution in [3.8, 4) is 0 Å². The lowest BCUT2D eigenvalue weighted by molar-refractivity contribution is 0.0397.